The van der Waals surface area contributed by atoms with Crippen molar-refractivity contribution >= 4 is 23.6 Å². The van der Waals surface area contributed by atoms with Crippen LogP contribution in [-0.2, 0) is 14.3 Å². The Kier molecular flexibility index (Phi) is 6.34. The van der Waals surface area contributed by atoms with E-state index < -0.39 is 11.6 Å². The minimum atomic E-state index is -1.31. The second kappa shape index (κ2) is 7.57. The molecule has 1 aromatic heterocycles. The van der Waals surface area contributed by atoms with Crippen molar-refractivity contribution in [3.63, 3.8) is 0 Å². The molecule has 2 atom stereocenters. The number of hydrogen-bond donors (Lipinski definition) is 0. The number of ether oxygens (including phenoxy) is 1. The number of carboxylic acids is 1. The van der Waals surface area contributed by atoms with E-state index in [2.05, 4.69) is 4.98 Å². The molecule has 122 valence electrons. The Balaban J connectivity index is 0.00000208. The van der Waals surface area contributed by atoms with E-state index in [0.717, 1.165) is 4.90 Å². The summed E-state index contributed by atoms with van der Waals surface area (Å²) >= 11 is 1.34. The molecule has 2 aliphatic heterocycles. The van der Waals surface area contributed by atoms with Crippen LogP contribution in [-0.4, -0.2) is 40.5 Å². The number of carbonyl (C=O) groups is 2. The smallest absolute Gasteiger partial charge is 0.543 e. The molecular formula is C16H17KN2O4S. The number of fused-ring (bicyclic) bond motifs is 1. The van der Waals surface area contributed by atoms with E-state index in [1.165, 1.54) is 16.7 Å². The SMILES string of the molecule is COC(C)(C)[C@H]1C(=O)N2C(C(=O)[O-])=C(Sc3ccncc3)C[C@H]12.[K+]. The number of nitrogens with zero attached hydrogens (tertiary/aromatic N) is 2. The summed E-state index contributed by atoms with van der Waals surface area (Å²) in [5.41, 5.74) is -0.642. The average molecular weight is 372 g/mol. The molecule has 0 unspecified atom stereocenters. The molecule has 24 heavy (non-hydrogen) atoms. The summed E-state index contributed by atoms with van der Waals surface area (Å²) in [5.74, 6) is -1.88. The van der Waals surface area contributed by atoms with Gasteiger partial charge in [-0.2, -0.15) is 0 Å². The van der Waals surface area contributed by atoms with Gasteiger partial charge in [-0.25, -0.2) is 0 Å². The van der Waals surface area contributed by atoms with Gasteiger partial charge in [-0.3, -0.25) is 9.78 Å². The van der Waals surface area contributed by atoms with E-state index in [9.17, 15) is 14.7 Å². The maximum Gasteiger partial charge on any atom is 1.00 e. The van der Waals surface area contributed by atoms with E-state index in [0.29, 0.717) is 11.3 Å². The Morgan fingerprint density at radius 3 is 2.58 bits per heavy atom. The van der Waals surface area contributed by atoms with Crippen LogP contribution in [0.25, 0.3) is 0 Å². The van der Waals surface area contributed by atoms with Gasteiger partial charge in [-0.15, -0.1) is 0 Å². The maximum absolute atomic E-state index is 12.5. The van der Waals surface area contributed by atoms with Gasteiger partial charge in [-0.1, -0.05) is 11.8 Å². The third kappa shape index (κ3) is 3.37. The summed E-state index contributed by atoms with van der Waals surface area (Å²) in [4.78, 5) is 30.8. The van der Waals surface area contributed by atoms with Gasteiger partial charge < -0.3 is 19.5 Å². The number of aliphatic carboxylic acids is 1. The van der Waals surface area contributed by atoms with Crippen LogP contribution in [0.4, 0.5) is 0 Å². The molecule has 3 rings (SSSR count). The fraction of sp³-hybridized carbons (Fsp3) is 0.438. The van der Waals surface area contributed by atoms with Crippen molar-refractivity contribution in [1.29, 1.82) is 0 Å². The van der Waals surface area contributed by atoms with Crippen LogP contribution in [0, 0.1) is 5.92 Å². The van der Waals surface area contributed by atoms with Crippen molar-refractivity contribution in [2.24, 2.45) is 5.92 Å². The van der Waals surface area contributed by atoms with E-state index in [-0.39, 0.29) is 74.9 Å². The van der Waals surface area contributed by atoms with Crippen LogP contribution >= 0.6 is 11.8 Å². The second-order valence-corrected chi connectivity index (χ2v) is 7.28. The third-order valence-corrected chi connectivity index (χ3v) is 5.59. The second-order valence-electron chi connectivity index (χ2n) is 6.11. The van der Waals surface area contributed by atoms with Crippen LogP contribution < -0.4 is 56.5 Å². The predicted octanol–water partition coefficient (Wildman–Crippen LogP) is -2.21. The minimum Gasteiger partial charge on any atom is -0.543 e. The van der Waals surface area contributed by atoms with Gasteiger partial charge in [0, 0.05) is 35.7 Å². The van der Waals surface area contributed by atoms with Gasteiger partial charge in [0.2, 0.25) is 5.91 Å². The number of methoxy groups -OCH3 is 1. The first-order valence-corrected chi connectivity index (χ1v) is 8.09. The zero-order chi connectivity index (χ0) is 16.8. The molecule has 0 aromatic carbocycles. The molecule has 0 saturated carbocycles. The Hall–Kier alpha value is -0.224. The average Bonchev–Trinajstić information content (AvgIpc) is 2.82. The number of aromatic nitrogens is 1. The van der Waals surface area contributed by atoms with Crippen molar-refractivity contribution in [2.45, 2.75) is 36.8 Å². The zero-order valence-electron chi connectivity index (χ0n) is 14.1. The molecule has 2 aliphatic rings. The standard InChI is InChI=1S/C16H18N2O4S.K/c1-16(2,22-3)12-10-8-11(23-9-4-6-17-7-5-9)13(15(20)21)18(10)14(12)19;/h4-7,10,12H,8H2,1-3H3,(H,20,21);/q;+1/p-1/t10-,12-;/m1./s1. The number of amides is 1. The van der Waals surface area contributed by atoms with Gasteiger partial charge >= 0.3 is 51.4 Å². The summed E-state index contributed by atoms with van der Waals surface area (Å²) in [5, 5.41) is 11.5. The van der Waals surface area contributed by atoms with Crippen molar-refractivity contribution in [3.05, 3.63) is 35.1 Å². The van der Waals surface area contributed by atoms with Crippen molar-refractivity contribution in [2.75, 3.05) is 7.11 Å². The molecular weight excluding hydrogens is 355 g/mol. The molecule has 1 amide bonds. The summed E-state index contributed by atoms with van der Waals surface area (Å²) in [6.07, 6.45) is 3.79. The molecule has 0 spiro atoms. The van der Waals surface area contributed by atoms with Gasteiger partial charge in [-0.05, 0) is 26.0 Å². The number of carbonyl (C=O) groups excluding carboxylic acids is 2. The number of pyridine rings is 1. The minimum absolute atomic E-state index is 0. The number of carboxylic acid groups (broad SMARTS) is 1. The molecule has 0 bridgehead atoms. The first-order valence-electron chi connectivity index (χ1n) is 7.27. The number of rotatable bonds is 5. The molecule has 1 fully saturated rings. The molecule has 3 heterocycles. The number of thioether (sulfide) groups is 1. The van der Waals surface area contributed by atoms with Crippen molar-refractivity contribution in [3.8, 4) is 0 Å². The van der Waals surface area contributed by atoms with Crippen LogP contribution in [0.2, 0.25) is 0 Å². The summed E-state index contributed by atoms with van der Waals surface area (Å²) in [7, 11) is 1.56. The fourth-order valence-electron chi connectivity index (χ4n) is 3.19. The first-order chi connectivity index (χ1) is 10.9. The van der Waals surface area contributed by atoms with Crippen molar-refractivity contribution in [1.82, 2.24) is 9.88 Å². The molecule has 1 aromatic rings. The van der Waals surface area contributed by atoms with Gasteiger partial charge in [0.25, 0.3) is 0 Å². The number of hydrogen-bond acceptors (Lipinski definition) is 6. The first kappa shape index (κ1) is 20.1. The van der Waals surface area contributed by atoms with Gasteiger partial charge in [0.05, 0.1) is 29.2 Å². The Bertz CT molecular complexity index is 693. The largest absolute Gasteiger partial charge is 1.00 e. The summed E-state index contributed by atoms with van der Waals surface area (Å²) < 4.78 is 5.43. The Morgan fingerprint density at radius 1 is 1.42 bits per heavy atom. The quantitative estimate of drug-likeness (QED) is 0.431. The normalized spacial score (nSPS) is 22.8. The molecule has 6 nitrogen and oxygen atoms in total. The zero-order valence-corrected chi connectivity index (χ0v) is 18.0. The summed E-state index contributed by atoms with van der Waals surface area (Å²) in [6, 6.07) is 3.42. The fourth-order valence-corrected chi connectivity index (χ4v) is 4.26. The van der Waals surface area contributed by atoms with Crippen LogP contribution in [0.1, 0.15) is 20.3 Å². The molecule has 8 heteroatoms. The maximum atomic E-state index is 12.5. The van der Waals surface area contributed by atoms with E-state index in [1.807, 2.05) is 13.8 Å². The van der Waals surface area contributed by atoms with Crippen molar-refractivity contribution < 1.29 is 70.8 Å². The third-order valence-electron chi connectivity index (χ3n) is 4.48. The van der Waals surface area contributed by atoms with Gasteiger partial charge in [0.1, 0.15) is 0 Å². The van der Waals surface area contributed by atoms with Gasteiger partial charge in [0.15, 0.2) is 0 Å². The van der Waals surface area contributed by atoms with Crippen LogP contribution in [0.5, 0.6) is 0 Å². The predicted molar refractivity (Wildman–Crippen MR) is 82.0 cm³/mol. The van der Waals surface area contributed by atoms with E-state index in [4.69, 9.17) is 4.74 Å². The van der Waals surface area contributed by atoms with Crippen LogP contribution in [0.15, 0.2) is 40.0 Å². The Labute approximate surface area is 187 Å². The van der Waals surface area contributed by atoms with E-state index >= 15 is 0 Å². The topological polar surface area (TPSA) is 82.6 Å². The summed E-state index contributed by atoms with van der Waals surface area (Å²) in [6.45, 7) is 3.69. The van der Waals surface area contributed by atoms with Crippen LogP contribution in [0.3, 0.4) is 0 Å². The molecule has 0 aliphatic carbocycles. The molecule has 0 radical (unpaired) electrons. The Morgan fingerprint density at radius 2 is 2.04 bits per heavy atom. The monoisotopic (exact) mass is 372 g/mol. The molecule has 0 N–H and O–H groups in total. The van der Waals surface area contributed by atoms with E-state index in [1.54, 1.807) is 31.6 Å². The molecule has 1 saturated heterocycles. The number of β-lactam (4-membered cyclic amide) rings is 1.